The summed E-state index contributed by atoms with van der Waals surface area (Å²) in [6.07, 6.45) is 2.02. The monoisotopic (exact) mass is 451 g/mol. The fourth-order valence-electron chi connectivity index (χ4n) is 3.36. The second-order valence-electron chi connectivity index (χ2n) is 7.19. The van der Waals surface area contributed by atoms with Crippen LogP contribution in [0.3, 0.4) is 0 Å². The summed E-state index contributed by atoms with van der Waals surface area (Å²) in [6, 6.07) is 6.63. The Hall–Kier alpha value is -3.34. The lowest BCUT2D eigenvalue weighted by Crippen LogP contribution is -2.27. The molecule has 2 aromatic heterocycles. The number of aryl methyl sites for hydroxylation is 1. The summed E-state index contributed by atoms with van der Waals surface area (Å²) in [7, 11) is 2.02. The van der Waals surface area contributed by atoms with Gasteiger partial charge in [-0.2, -0.15) is 13.2 Å². The molecule has 0 saturated carbocycles. The van der Waals surface area contributed by atoms with Gasteiger partial charge in [-0.3, -0.25) is 4.90 Å². The molecule has 7 nitrogen and oxygen atoms in total. The molecule has 0 unspecified atom stereocenters. The van der Waals surface area contributed by atoms with Crippen LogP contribution in [0.5, 0.6) is 0 Å². The maximum Gasteiger partial charge on any atom is 0.490 e. The highest BCUT2D eigenvalue weighted by Crippen LogP contribution is 2.26. The number of alkyl halides is 3. The highest BCUT2D eigenvalue weighted by Gasteiger charge is 2.38. The van der Waals surface area contributed by atoms with Gasteiger partial charge in [0.05, 0.1) is 12.2 Å². The molecule has 32 heavy (non-hydrogen) atoms. The van der Waals surface area contributed by atoms with Gasteiger partial charge in [0.1, 0.15) is 18.0 Å². The van der Waals surface area contributed by atoms with Crippen molar-refractivity contribution in [3.05, 3.63) is 65.9 Å². The molecule has 0 bridgehead atoms. The minimum atomic E-state index is -5.08. The summed E-state index contributed by atoms with van der Waals surface area (Å²) < 4.78 is 47.4. The minimum Gasteiger partial charge on any atom is -0.475 e. The van der Waals surface area contributed by atoms with Crippen molar-refractivity contribution in [2.75, 3.05) is 13.1 Å². The van der Waals surface area contributed by atoms with Crippen LogP contribution in [0.15, 0.2) is 43.0 Å². The van der Waals surface area contributed by atoms with Gasteiger partial charge in [-0.15, -0.1) is 0 Å². The number of aliphatic carboxylic acids is 1. The highest BCUT2D eigenvalue weighted by molar-refractivity contribution is 5.73. The number of hydrogen-bond acceptors (Lipinski definition) is 5. The standard InChI is InChI=1S/C19H20FN5.C2HF3O2/c1-24-10-7-21-18(24)12-25-8-5-16-17(6-9-25)22-13-23-19(16)14-3-2-4-15(20)11-14;3-2(4,5)1(6)7/h2-4,7,10-11,13H,5-6,8-9,12H2,1H3;(H,6,7). The molecule has 11 heteroatoms. The fourth-order valence-corrected chi connectivity index (χ4v) is 3.36. The van der Waals surface area contributed by atoms with E-state index < -0.39 is 12.1 Å². The summed E-state index contributed by atoms with van der Waals surface area (Å²) in [5, 5.41) is 7.12. The minimum absolute atomic E-state index is 0.241. The molecular weight excluding hydrogens is 430 g/mol. The zero-order chi connectivity index (χ0) is 23.3. The quantitative estimate of drug-likeness (QED) is 0.616. The Kier molecular flexibility index (Phi) is 7.18. The molecule has 3 heterocycles. The molecule has 1 aliphatic rings. The Balaban J connectivity index is 0.000000360. The molecule has 0 saturated heterocycles. The largest absolute Gasteiger partial charge is 0.490 e. The van der Waals surface area contributed by atoms with Gasteiger partial charge in [-0.05, 0) is 18.6 Å². The van der Waals surface area contributed by atoms with E-state index >= 15 is 0 Å². The van der Waals surface area contributed by atoms with Gasteiger partial charge in [-0.25, -0.2) is 24.1 Å². The highest BCUT2D eigenvalue weighted by atomic mass is 19.4. The van der Waals surface area contributed by atoms with Crippen molar-refractivity contribution in [3.63, 3.8) is 0 Å². The van der Waals surface area contributed by atoms with Crippen LogP contribution in [0.2, 0.25) is 0 Å². The fraction of sp³-hybridized carbons (Fsp3) is 0.333. The van der Waals surface area contributed by atoms with E-state index in [1.165, 1.54) is 6.07 Å². The normalized spacial score (nSPS) is 14.2. The molecule has 1 aliphatic heterocycles. The van der Waals surface area contributed by atoms with Crippen LogP contribution in [0.4, 0.5) is 17.6 Å². The number of rotatable bonds is 3. The lowest BCUT2D eigenvalue weighted by Gasteiger charge is -2.19. The van der Waals surface area contributed by atoms with Crippen molar-refractivity contribution in [3.8, 4) is 11.3 Å². The summed E-state index contributed by atoms with van der Waals surface area (Å²) >= 11 is 0. The Morgan fingerprint density at radius 2 is 1.88 bits per heavy atom. The first kappa shape index (κ1) is 23.3. The van der Waals surface area contributed by atoms with E-state index in [9.17, 15) is 17.6 Å². The van der Waals surface area contributed by atoms with Crippen LogP contribution in [-0.2, 0) is 31.2 Å². The van der Waals surface area contributed by atoms with Gasteiger partial charge in [0.2, 0.25) is 0 Å². The zero-order valence-electron chi connectivity index (χ0n) is 17.2. The molecule has 0 spiro atoms. The Bertz CT molecular complexity index is 1080. The summed E-state index contributed by atoms with van der Waals surface area (Å²) in [5.74, 6) is -1.94. The molecule has 0 atom stereocenters. The summed E-state index contributed by atoms with van der Waals surface area (Å²) in [5.41, 5.74) is 3.87. The lowest BCUT2D eigenvalue weighted by molar-refractivity contribution is -0.192. The molecule has 1 aromatic carbocycles. The smallest absolute Gasteiger partial charge is 0.475 e. The van der Waals surface area contributed by atoms with Gasteiger partial charge < -0.3 is 9.67 Å². The van der Waals surface area contributed by atoms with Crippen LogP contribution >= 0.6 is 0 Å². The number of hydrogen-bond donors (Lipinski definition) is 1. The number of aromatic nitrogens is 4. The number of carbonyl (C=O) groups is 1. The Morgan fingerprint density at radius 3 is 2.50 bits per heavy atom. The van der Waals surface area contributed by atoms with E-state index in [4.69, 9.17) is 9.90 Å². The topological polar surface area (TPSA) is 84.1 Å². The van der Waals surface area contributed by atoms with E-state index in [1.807, 2.05) is 25.5 Å². The molecule has 3 aromatic rings. The second-order valence-corrected chi connectivity index (χ2v) is 7.19. The summed E-state index contributed by atoms with van der Waals surface area (Å²) in [4.78, 5) is 24.6. The number of nitrogens with zero attached hydrogens (tertiary/aromatic N) is 5. The average Bonchev–Trinajstić information content (AvgIpc) is 3.02. The molecule has 1 N–H and O–H groups in total. The lowest BCUT2D eigenvalue weighted by atomic mass is 10.0. The third-order valence-electron chi connectivity index (χ3n) is 5.00. The third-order valence-corrected chi connectivity index (χ3v) is 5.00. The van der Waals surface area contributed by atoms with E-state index in [0.717, 1.165) is 60.8 Å². The molecule has 170 valence electrons. The number of fused-ring (bicyclic) bond motifs is 1. The number of benzene rings is 1. The average molecular weight is 451 g/mol. The second kappa shape index (κ2) is 9.86. The molecule has 0 aliphatic carbocycles. The van der Waals surface area contributed by atoms with Crippen molar-refractivity contribution >= 4 is 5.97 Å². The van der Waals surface area contributed by atoms with E-state index in [0.29, 0.717) is 0 Å². The third kappa shape index (κ3) is 5.88. The van der Waals surface area contributed by atoms with Crippen LogP contribution in [0.25, 0.3) is 11.3 Å². The van der Waals surface area contributed by atoms with E-state index in [1.54, 1.807) is 18.5 Å². The molecule has 0 amide bonds. The first-order valence-corrected chi connectivity index (χ1v) is 9.72. The van der Waals surface area contributed by atoms with Gasteiger partial charge in [0, 0.05) is 55.8 Å². The van der Waals surface area contributed by atoms with E-state index in [-0.39, 0.29) is 5.82 Å². The maximum atomic E-state index is 13.6. The van der Waals surface area contributed by atoms with Crippen LogP contribution in [0.1, 0.15) is 17.1 Å². The molecular formula is C21H21F4N5O2. The van der Waals surface area contributed by atoms with Crippen molar-refractivity contribution in [1.82, 2.24) is 24.4 Å². The number of halogens is 4. The number of carboxylic acid groups (broad SMARTS) is 1. The van der Waals surface area contributed by atoms with Crippen molar-refractivity contribution in [2.24, 2.45) is 7.05 Å². The maximum absolute atomic E-state index is 13.6. The van der Waals surface area contributed by atoms with E-state index in [2.05, 4.69) is 24.4 Å². The van der Waals surface area contributed by atoms with Crippen molar-refractivity contribution in [1.29, 1.82) is 0 Å². The number of carboxylic acids is 1. The predicted molar refractivity (Wildman–Crippen MR) is 107 cm³/mol. The van der Waals surface area contributed by atoms with Crippen molar-refractivity contribution in [2.45, 2.75) is 25.6 Å². The van der Waals surface area contributed by atoms with Gasteiger partial charge >= 0.3 is 12.1 Å². The Morgan fingerprint density at radius 1 is 1.16 bits per heavy atom. The first-order chi connectivity index (χ1) is 15.1. The number of imidazole rings is 1. The SMILES string of the molecule is Cn1ccnc1CN1CCc2ncnc(-c3cccc(F)c3)c2CC1.O=C(O)C(F)(F)F. The molecule has 4 rings (SSSR count). The zero-order valence-corrected chi connectivity index (χ0v) is 17.2. The van der Waals surface area contributed by atoms with Gasteiger partial charge in [0.15, 0.2) is 0 Å². The van der Waals surface area contributed by atoms with Crippen molar-refractivity contribution < 1.29 is 27.5 Å². The Labute approximate surface area is 181 Å². The van der Waals surface area contributed by atoms with Gasteiger partial charge in [-0.1, -0.05) is 12.1 Å². The first-order valence-electron chi connectivity index (χ1n) is 9.72. The molecule has 0 fully saturated rings. The van der Waals surface area contributed by atoms with Crippen LogP contribution in [0, 0.1) is 5.82 Å². The van der Waals surface area contributed by atoms with Crippen LogP contribution < -0.4 is 0 Å². The summed E-state index contributed by atoms with van der Waals surface area (Å²) in [6.45, 7) is 2.66. The van der Waals surface area contributed by atoms with Crippen LogP contribution in [-0.4, -0.2) is 54.8 Å². The molecule has 0 radical (unpaired) electrons. The van der Waals surface area contributed by atoms with Gasteiger partial charge in [0.25, 0.3) is 0 Å². The predicted octanol–water partition coefficient (Wildman–Crippen LogP) is 3.25.